The number of rotatable bonds is 4. The van der Waals surface area contributed by atoms with Gasteiger partial charge in [-0.15, -0.1) is 0 Å². The lowest BCUT2D eigenvalue weighted by atomic mass is 10.2. The van der Waals surface area contributed by atoms with E-state index in [0.29, 0.717) is 13.1 Å². The molecule has 18 heavy (non-hydrogen) atoms. The summed E-state index contributed by atoms with van der Waals surface area (Å²) in [6.07, 6.45) is 3.16. The molecule has 1 aromatic rings. The van der Waals surface area contributed by atoms with Crippen LogP contribution in [0.4, 0.5) is 0 Å². The van der Waals surface area contributed by atoms with Gasteiger partial charge in [-0.1, -0.05) is 6.92 Å². The number of aromatic nitrogens is 2. The number of sulfone groups is 1. The van der Waals surface area contributed by atoms with Crippen molar-refractivity contribution in [2.24, 2.45) is 0 Å². The minimum Gasteiger partial charge on any atom is -0.297 e. The summed E-state index contributed by atoms with van der Waals surface area (Å²) in [6, 6.07) is 0. The Morgan fingerprint density at radius 2 is 2.00 bits per heavy atom. The molecule has 0 aromatic carbocycles. The maximum absolute atomic E-state index is 11.4. The average Bonchev–Trinajstić information content (AvgIpc) is 2.63. The van der Waals surface area contributed by atoms with Crippen LogP contribution in [-0.4, -0.2) is 47.7 Å². The zero-order valence-electron chi connectivity index (χ0n) is 11.1. The zero-order valence-corrected chi connectivity index (χ0v) is 11.9. The Bertz CT molecular complexity index is 493. The smallest absolute Gasteiger partial charge is 0.152 e. The molecule has 1 fully saturated rings. The topological polar surface area (TPSA) is 55.2 Å². The standard InChI is InChI=1S/C12H21N3O2S/c1-3-4-15-10-12(11(2)13-15)9-14-5-7-18(16,17)8-6-14/h10H,3-9H2,1-2H3. The minimum absolute atomic E-state index is 0.287. The summed E-state index contributed by atoms with van der Waals surface area (Å²) in [5.41, 5.74) is 2.26. The van der Waals surface area contributed by atoms with E-state index in [2.05, 4.69) is 23.1 Å². The highest BCUT2D eigenvalue weighted by Gasteiger charge is 2.22. The molecule has 0 unspecified atom stereocenters. The molecular weight excluding hydrogens is 250 g/mol. The van der Waals surface area contributed by atoms with E-state index >= 15 is 0 Å². The molecule has 1 aromatic heterocycles. The Hall–Kier alpha value is -0.880. The maximum Gasteiger partial charge on any atom is 0.152 e. The average molecular weight is 271 g/mol. The first-order chi connectivity index (χ1) is 8.50. The van der Waals surface area contributed by atoms with E-state index in [1.165, 1.54) is 5.56 Å². The van der Waals surface area contributed by atoms with E-state index in [1.807, 2.05) is 11.6 Å². The summed E-state index contributed by atoms with van der Waals surface area (Å²) in [4.78, 5) is 2.20. The summed E-state index contributed by atoms with van der Waals surface area (Å²) in [7, 11) is -2.78. The zero-order chi connectivity index (χ0) is 13.2. The predicted molar refractivity (Wildman–Crippen MR) is 71.2 cm³/mol. The molecule has 0 bridgehead atoms. The first-order valence-electron chi connectivity index (χ1n) is 6.46. The van der Waals surface area contributed by atoms with Gasteiger partial charge in [0.05, 0.1) is 17.2 Å². The van der Waals surface area contributed by atoms with Crippen molar-refractivity contribution in [3.8, 4) is 0 Å². The maximum atomic E-state index is 11.4. The lowest BCUT2D eigenvalue weighted by Gasteiger charge is -2.26. The van der Waals surface area contributed by atoms with Crippen LogP contribution in [0.1, 0.15) is 24.6 Å². The lowest BCUT2D eigenvalue weighted by Crippen LogP contribution is -2.39. The van der Waals surface area contributed by atoms with Gasteiger partial charge < -0.3 is 0 Å². The summed E-state index contributed by atoms with van der Waals surface area (Å²) >= 11 is 0. The highest BCUT2D eigenvalue weighted by molar-refractivity contribution is 7.91. The van der Waals surface area contributed by atoms with Crippen LogP contribution in [0.25, 0.3) is 0 Å². The summed E-state index contributed by atoms with van der Waals surface area (Å²) in [5, 5.41) is 4.47. The van der Waals surface area contributed by atoms with Crippen LogP contribution in [-0.2, 0) is 22.9 Å². The summed E-state index contributed by atoms with van der Waals surface area (Å²) < 4.78 is 24.7. The van der Waals surface area contributed by atoms with Crippen molar-refractivity contribution >= 4 is 9.84 Å². The summed E-state index contributed by atoms with van der Waals surface area (Å²) in [5.74, 6) is 0.574. The molecule has 0 spiro atoms. The first-order valence-corrected chi connectivity index (χ1v) is 8.28. The van der Waals surface area contributed by atoms with Crippen LogP contribution in [0.3, 0.4) is 0 Å². The minimum atomic E-state index is -2.78. The summed E-state index contributed by atoms with van der Waals surface area (Å²) in [6.45, 7) is 7.18. The highest BCUT2D eigenvalue weighted by Crippen LogP contribution is 2.12. The Morgan fingerprint density at radius 1 is 1.33 bits per heavy atom. The van der Waals surface area contributed by atoms with Gasteiger partial charge in [0, 0.05) is 37.9 Å². The third kappa shape index (κ3) is 3.32. The molecule has 5 nitrogen and oxygen atoms in total. The fourth-order valence-electron chi connectivity index (χ4n) is 2.21. The monoisotopic (exact) mass is 271 g/mol. The Kier molecular flexibility index (Phi) is 4.07. The van der Waals surface area contributed by atoms with Crippen molar-refractivity contribution in [2.75, 3.05) is 24.6 Å². The lowest BCUT2D eigenvalue weighted by molar-refractivity contribution is 0.287. The molecule has 1 aliphatic rings. The Labute approximate surface area is 109 Å². The van der Waals surface area contributed by atoms with Crippen LogP contribution in [0.5, 0.6) is 0 Å². The molecule has 0 aliphatic carbocycles. The Morgan fingerprint density at radius 3 is 2.61 bits per heavy atom. The SMILES string of the molecule is CCCn1cc(CN2CCS(=O)(=O)CC2)c(C)n1. The third-order valence-corrected chi connectivity index (χ3v) is 4.94. The number of hydrogen-bond acceptors (Lipinski definition) is 4. The first kappa shape index (κ1) is 13.5. The fourth-order valence-corrected chi connectivity index (χ4v) is 3.48. The Balaban J connectivity index is 1.97. The van der Waals surface area contributed by atoms with Crippen molar-refractivity contribution in [3.05, 3.63) is 17.5 Å². The van der Waals surface area contributed by atoms with Crippen molar-refractivity contribution in [1.29, 1.82) is 0 Å². The van der Waals surface area contributed by atoms with Gasteiger partial charge >= 0.3 is 0 Å². The van der Waals surface area contributed by atoms with Gasteiger partial charge in [0.25, 0.3) is 0 Å². The van der Waals surface area contributed by atoms with Crippen molar-refractivity contribution in [2.45, 2.75) is 33.4 Å². The van der Waals surface area contributed by atoms with Gasteiger partial charge in [-0.2, -0.15) is 5.10 Å². The number of nitrogens with zero attached hydrogens (tertiary/aromatic N) is 3. The second-order valence-electron chi connectivity index (χ2n) is 4.93. The van der Waals surface area contributed by atoms with Crippen molar-refractivity contribution in [3.63, 3.8) is 0 Å². The van der Waals surface area contributed by atoms with E-state index in [0.717, 1.165) is 25.2 Å². The number of hydrogen-bond donors (Lipinski definition) is 0. The molecular formula is C12H21N3O2S. The van der Waals surface area contributed by atoms with Crippen molar-refractivity contribution in [1.82, 2.24) is 14.7 Å². The fraction of sp³-hybridized carbons (Fsp3) is 0.750. The molecule has 0 atom stereocenters. The molecule has 0 radical (unpaired) electrons. The predicted octanol–water partition coefficient (Wildman–Crippen LogP) is 0.832. The molecule has 0 N–H and O–H groups in total. The van der Waals surface area contributed by atoms with E-state index in [-0.39, 0.29) is 11.5 Å². The van der Waals surface area contributed by atoms with E-state index < -0.39 is 9.84 Å². The van der Waals surface area contributed by atoms with Crippen molar-refractivity contribution < 1.29 is 8.42 Å². The van der Waals surface area contributed by atoms with Crippen LogP contribution in [0.2, 0.25) is 0 Å². The van der Waals surface area contributed by atoms with E-state index in [1.54, 1.807) is 0 Å². The normalized spacial score (nSPS) is 20.1. The van der Waals surface area contributed by atoms with Crippen LogP contribution >= 0.6 is 0 Å². The van der Waals surface area contributed by atoms with Gasteiger partial charge in [0.15, 0.2) is 9.84 Å². The van der Waals surface area contributed by atoms with Gasteiger partial charge in [-0.3, -0.25) is 9.58 Å². The van der Waals surface area contributed by atoms with Crippen LogP contribution in [0.15, 0.2) is 6.20 Å². The number of aryl methyl sites for hydroxylation is 2. The molecule has 0 saturated carbocycles. The largest absolute Gasteiger partial charge is 0.297 e. The highest BCUT2D eigenvalue weighted by atomic mass is 32.2. The molecule has 1 saturated heterocycles. The van der Waals surface area contributed by atoms with Crippen LogP contribution < -0.4 is 0 Å². The third-order valence-electron chi connectivity index (χ3n) is 3.33. The molecule has 2 heterocycles. The van der Waals surface area contributed by atoms with E-state index in [4.69, 9.17) is 0 Å². The van der Waals surface area contributed by atoms with Gasteiger partial charge in [0.1, 0.15) is 0 Å². The second-order valence-corrected chi connectivity index (χ2v) is 7.23. The molecule has 6 heteroatoms. The van der Waals surface area contributed by atoms with Gasteiger partial charge in [0.2, 0.25) is 0 Å². The van der Waals surface area contributed by atoms with Gasteiger partial charge in [-0.05, 0) is 13.3 Å². The quantitative estimate of drug-likeness (QED) is 0.814. The second kappa shape index (κ2) is 5.40. The van der Waals surface area contributed by atoms with Crippen LogP contribution in [0, 0.1) is 6.92 Å². The molecule has 102 valence electrons. The molecule has 0 amide bonds. The van der Waals surface area contributed by atoms with E-state index in [9.17, 15) is 8.42 Å². The molecule has 2 rings (SSSR count). The molecule has 1 aliphatic heterocycles. The van der Waals surface area contributed by atoms with Gasteiger partial charge in [-0.25, -0.2) is 8.42 Å².